The quantitative estimate of drug-likeness (QED) is 0.418. The maximum atomic E-state index is 10.4. The summed E-state index contributed by atoms with van der Waals surface area (Å²) >= 11 is 6.07. The van der Waals surface area contributed by atoms with Crippen LogP contribution in [0.2, 0.25) is 5.02 Å². The lowest BCUT2D eigenvalue weighted by Crippen LogP contribution is -2.22. The van der Waals surface area contributed by atoms with Gasteiger partial charge in [0.25, 0.3) is 0 Å². The molecule has 4 rings (SSSR count). The minimum atomic E-state index is -0.0219. The van der Waals surface area contributed by atoms with E-state index in [1.165, 1.54) is 0 Å². The van der Waals surface area contributed by atoms with Gasteiger partial charge in [-0.15, -0.1) is 0 Å². The number of rotatable bonds is 6. The molecule has 1 heterocycles. The van der Waals surface area contributed by atoms with Crippen LogP contribution in [-0.4, -0.2) is 10.1 Å². The highest BCUT2D eigenvalue weighted by atomic mass is 35.5. The Bertz CT molecular complexity index is 1070. The summed E-state index contributed by atoms with van der Waals surface area (Å²) in [6.45, 7) is 0.509. The molecule has 144 valence electrons. The Kier molecular flexibility index (Phi) is 5.89. The molecule has 3 aromatic carbocycles. The maximum absolute atomic E-state index is 10.4. The van der Waals surface area contributed by atoms with Gasteiger partial charge >= 0.3 is 0 Å². The third kappa shape index (κ3) is 4.65. The number of halogens is 1. The number of phenolic OH excluding ortho intramolecular Hbond substituents is 1. The van der Waals surface area contributed by atoms with Crippen LogP contribution in [0.25, 0.3) is 11.3 Å². The van der Waals surface area contributed by atoms with Crippen molar-refractivity contribution >= 4 is 11.6 Å². The van der Waals surface area contributed by atoms with Gasteiger partial charge in [-0.3, -0.25) is 4.98 Å². The van der Waals surface area contributed by atoms with Gasteiger partial charge in [0.2, 0.25) is 0 Å². The first kappa shape index (κ1) is 19.2. The molecule has 0 radical (unpaired) electrons. The Morgan fingerprint density at radius 2 is 1.55 bits per heavy atom. The minimum absolute atomic E-state index is 0.0219. The van der Waals surface area contributed by atoms with Gasteiger partial charge in [-0.2, -0.15) is 0 Å². The van der Waals surface area contributed by atoms with Crippen molar-refractivity contribution in [2.24, 2.45) is 0 Å². The number of hydrogen-bond acceptors (Lipinski definition) is 3. The van der Waals surface area contributed by atoms with Crippen LogP contribution in [0.5, 0.6) is 5.75 Å². The monoisotopic (exact) mass is 400 g/mol. The molecule has 0 bridgehead atoms. The highest BCUT2D eigenvalue weighted by Crippen LogP contribution is 2.27. The first-order valence-electron chi connectivity index (χ1n) is 9.48. The molecule has 0 aliphatic rings. The summed E-state index contributed by atoms with van der Waals surface area (Å²) in [5, 5.41) is 14.7. The van der Waals surface area contributed by atoms with Crippen LogP contribution in [0.4, 0.5) is 0 Å². The molecule has 0 fully saturated rings. The van der Waals surface area contributed by atoms with Crippen molar-refractivity contribution in [3.8, 4) is 17.0 Å². The van der Waals surface area contributed by atoms with E-state index in [0.29, 0.717) is 11.6 Å². The SMILES string of the molecule is Oc1ccc(-c2ccccn2)cc1CNC(c1ccccc1)c1ccc(Cl)cc1. The Labute approximate surface area is 175 Å². The number of hydrogen-bond donors (Lipinski definition) is 2. The van der Waals surface area contributed by atoms with Crippen molar-refractivity contribution in [3.05, 3.63) is 119 Å². The van der Waals surface area contributed by atoms with E-state index < -0.39 is 0 Å². The Morgan fingerprint density at radius 1 is 0.828 bits per heavy atom. The topological polar surface area (TPSA) is 45.2 Å². The van der Waals surface area contributed by atoms with Crippen LogP contribution in [0.15, 0.2) is 97.2 Å². The lowest BCUT2D eigenvalue weighted by atomic mass is 9.98. The van der Waals surface area contributed by atoms with Gasteiger partial charge in [0.05, 0.1) is 11.7 Å². The molecule has 1 aromatic heterocycles. The molecule has 0 spiro atoms. The standard InChI is InChI=1S/C25H21ClN2O/c26-22-12-9-19(10-13-22)25(18-6-2-1-3-7-18)28-17-21-16-20(11-14-24(21)29)23-8-4-5-15-27-23/h1-16,25,28-29H,17H2. The summed E-state index contributed by atoms with van der Waals surface area (Å²) in [4.78, 5) is 4.40. The fourth-order valence-electron chi connectivity index (χ4n) is 3.36. The minimum Gasteiger partial charge on any atom is -0.508 e. The lowest BCUT2D eigenvalue weighted by molar-refractivity contribution is 0.462. The molecular weight excluding hydrogens is 380 g/mol. The number of aromatic nitrogens is 1. The Morgan fingerprint density at radius 3 is 2.28 bits per heavy atom. The van der Waals surface area contributed by atoms with Crippen LogP contribution in [-0.2, 0) is 6.54 Å². The van der Waals surface area contributed by atoms with E-state index in [2.05, 4.69) is 22.4 Å². The molecule has 0 saturated heterocycles. The van der Waals surface area contributed by atoms with E-state index in [4.69, 9.17) is 11.6 Å². The molecule has 4 heteroatoms. The Balaban J connectivity index is 1.61. The van der Waals surface area contributed by atoms with Gasteiger partial charge in [0.1, 0.15) is 5.75 Å². The summed E-state index contributed by atoms with van der Waals surface area (Å²) in [6.07, 6.45) is 1.77. The van der Waals surface area contributed by atoms with E-state index >= 15 is 0 Å². The zero-order valence-electron chi connectivity index (χ0n) is 15.8. The predicted molar refractivity (Wildman–Crippen MR) is 118 cm³/mol. The van der Waals surface area contributed by atoms with E-state index in [0.717, 1.165) is 27.9 Å². The van der Waals surface area contributed by atoms with Crippen LogP contribution in [0.3, 0.4) is 0 Å². The van der Waals surface area contributed by atoms with Crippen molar-refractivity contribution in [2.75, 3.05) is 0 Å². The van der Waals surface area contributed by atoms with E-state index in [9.17, 15) is 5.11 Å². The summed E-state index contributed by atoms with van der Waals surface area (Å²) < 4.78 is 0. The number of phenols is 1. The van der Waals surface area contributed by atoms with Crippen LogP contribution < -0.4 is 5.32 Å². The average Bonchev–Trinajstić information content (AvgIpc) is 2.77. The van der Waals surface area contributed by atoms with Gasteiger partial charge in [0.15, 0.2) is 0 Å². The van der Waals surface area contributed by atoms with Crippen molar-refractivity contribution in [3.63, 3.8) is 0 Å². The second-order valence-corrected chi connectivity index (χ2v) is 7.27. The number of pyridine rings is 1. The lowest BCUT2D eigenvalue weighted by Gasteiger charge is -2.21. The van der Waals surface area contributed by atoms with E-state index in [-0.39, 0.29) is 11.8 Å². The Hall–Kier alpha value is -3.14. The zero-order valence-corrected chi connectivity index (χ0v) is 16.6. The van der Waals surface area contributed by atoms with Gasteiger partial charge in [-0.25, -0.2) is 0 Å². The molecule has 0 amide bonds. The number of aromatic hydroxyl groups is 1. The van der Waals surface area contributed by atoms with Gasteiger partial charge in [-0.05, 0) is 53.6 Å². The predicted octanol–water partition coefficient (Wildman–Crippen LogP) is 5.99. The van der Waals surface area contributed by atoms with Crippen molar-refractivity contribution in [1.82, 2.24) is 10.3 Å². The fraction of sp³-hybridized carbons (Fsp3) is 0.0800. The molecular formula is C25H21ClN2O. The first-order chi connectivity index (χ1) is 14.2. The van der Waals surface area contributed by atoms with Gasteiger partial charge in [0, 0.05) is 28.9 Å². The van der Waals surface area contributed by atoms with E-state index in [1.807, 2.05) is 72.8 Å². The van der Waals surface area contributed by atoms with Gasteiger partial charge < -0.3 is 10.4 Å². The fourth-order valence-corrected chi connectivity index (χ4v) is 3.49. The zero-order chi connectivity index (χ0) is 20.1. The van der Waals surface area contributed by atoms with Crippen LogP contribution >= 0.6 is 11.6 Å². The van der Waals surface area contributed by atoms with Crippen molar-refractivity contribution in [2.45, 2.75) is 12.6 Å². The number of nitrogens with zero attached hydrogens (tertiary/aromatic N) is 1. The molecule has 2 N–H and O–H groups in total. The molecule has 1 unspecified atom stereocenters. The molecule has 4 aromatic rings. The first-order valence-corrected chi connectivity index (χ1v) is 9.85. The summed E-state index contributed by atoms with van der Waals surface area (Å²) in [5.74, 6) is 0.264. The third-order valence-corrected chi connectivity index (χ3v) is 5.13. The van der Waals surface area contributed by atoms with E-state index in [1.54, 1.807) is 12.3 Å². The second kappa shape index (κ2) is 8.91. The molecule has 0 aliphatic carbocycles. The average molecular weight is 401 g/mol. The third-order valence-electron chi connectivity index (χ3n) is 4.87. The maximum Gasteiger partial charge on any atom is 0.120 e. The molecule has 0 aliphatic heterocycles. The number of benzene rings is 3. The van der Waals surface area contributed by atoms with Crippen molar-refractivity contribution in [1.29, 1.82) is 0 Å². The summed E-state index contributed by atoms with van der Waals surface area (Å²) in [6, 6.07) is 29.5. The molecule has 29 heavy (non-hydrogen) atoms. The molecule has 1 atom stereocenters. The molecule has 3 nitrogen and oxygen atoms in total. The van der Waals surface area contributed by atoms with Crippen LogP contribution in [0, 0.1) is 0 Å². The van der Waals surface area contributed by atoms with Crippen molar-refractivity contribution < 1.29 is 5.11 Å². The van der Waals surface area contributed by atoms with Crippen LogP contribution in [0.1, 0.15) is 22.7 Å². The molecule has 0 saturated carbocycles. The largest absolute Gasteiger partial charge is 0.508 e. The smallest absolute Gasteiger partial charge is 0.120 e. The summed E-state index contributed by atoms with van der Waals surface area (Å²) in [5.41, 5.74) is 4.94. The highest BCUT2D eigenvalue weighted by molar-refractivity contribution is 6.30. The van der Waals surface area contributed by atoms with Gasteiger partial charge in [-0.1, -0.05) is 60.1 Å². The summed E-state index contributed by atoms with van der Waals surface area (Å²) in [7, 11) is 0. The normalized spacial score (nSPS) is 11.9. The highest BCUT2D eigenvalue weighted by Gasteiger charge is 2.15. The number of nitrogens with one attached hydrogen (secondary N) is 1. The second-order valence-electron chi connectivity index (χ2n) is 6.83.